The molecule has 6 heteroatoms. The van der Waals surface area contributed by atoms with Gasteiger partial charge < -0.3 is 29.9 Å². The first kappa shape index (κ1) is 18.8. The molecule has 2 aromatic rings. The molecule has 2 rings (SSSR count). The maximum atomic E-state index is 10.1. The minimum Gasteiger partial charge on any atom is -0.504 e. The number of hydrogen-bond donors (Lipinski definition) is 4. The van der Waals surface area contributed by atoms with Gasteiger partial charge in [0.2, 0.25) is 0 Å². The molecule has 0 bridgehead atoms. The third-order valence-electron chi connectivity index (χ3n) is 3.65. The van der Waals surface area contributed by atoms with Crippen molar-refractivity contribution in [1.82, 2.24) is 0 Å². The molecule has 0 spiro atoms. The Morgan fingerprint density at radius 2 is 1.80 bits per heavy atom. The molecule has 0 aliphatic carbocycles. The quantitative estimate of drug-likeness (QED) is 0.549. The van der Waals surface area contributed by atoms with Crippen LogP contribution in [0.3, 0.4) is 0 Å². The summed E-state index contributed by atoms with van der Waals surface area (Å²) in [5.74, 6) is 0.0205. The van der Waals surface area contributed by atoms with E-state index in [9.17, 15) is 20.4 Å². The van der Waals surface area contributed by atoms with Crippen molar-refractivity contribution < 1.29 is 29.9 Å². The molecule has 0 amide bonds. The summed E-state index contributed by atoms with van der Waals surface area (Å²) in [5, 5.41) is 39.8. The highest BCUT2D eigenvalue weighted by Crippen LogP contribution is 2.37. The van der Waals surface area contributed by atoms with Crippen molar-refractivity contribution in [3.8, 4) is 23.0 Å². The monoisotopic (exact) mass is 346 g/mol. The normalized spacial score (nSPS) is 13.2. The van der Waals surface area contributed by atoms with Gasteiger partial charge in [-0.2, -0.15) is 0 Å². The summed E-state index contributed by atoms with van der Waals surface area (Å²) in [7, 11) is 1.41. The second-order valence-corrected chi connectivity index (χ2v) is 5.59. The van der Waals surface area contributed by atoms with Crippen molar-refractivity contribution in [3.63, 3.8) is 0 Å². The predicted molar refractivity (Wildman–Crippen MR) is 93.0 cm³/mol. The van der Waals surface area contributed by atoms with Crippen LogP contribution in [-0.4, -0.2) is 40.2 Å². The zero-order valence-corrected chi connectivity index (χ0v) is 13.9. The van der Waals surface area contributed by atoms with Gasteiger partial charge in [-0.15, -0.1) is 6.58 Å². The van der Waals surface area contributed by atoms with Crippen LogP contribution < -0.4 is 4.74 Å². The average molecular weight is 346 g/mol. The Hall–Kier alpha value is -2.54. The number of rotatable bonds is 8. The number of ether oxygens (including phenoxy) is 2. The molecule has 6 nitrogen and oxygen atoms in total. The van der Waals surface area contributed by atoms with E-state index in [1.54, 1.807) is 18.2 Å². The molecule has 0 aromatic heterocycles. The smallest absolute Gasteiger partial charge is 0.169 e. The van der Waals surface area contributed by atoms with E-state index < -0.39 is 12.2 Å². The average Bonchev–Trinajstić information content (AvgIpc) is 2.59. The molecule has 0 unspecified atom stereocenters. The molecule has 0 saturated heterocycles. The number of hydrogen-bond acceptors (Lipinski definition) is 6. The number of aromatic hydroxyl groups is 2. The van der Waals surface area contributed by atoms with Crippen LogP contribution in [0.5, 0.6) is 23.0 Å². The third kappa shape index (κ3) is 4.73. The lowest BCUT2D eigenvalue weighted by atomic mass is 10.0. The topological polar surface area (TPSA) is 99.4 Å². The highest BCUT2D eigenvalue weighted by atomic mass is 16.5. The van der Waals surface area contributed by atoms with Crippen LogP contribution in [0.15, 0.2) is 49.1 Å². The van der Waals surface area contributed by atoms with Gasteiger partial charge in [0, 0.05) is 7.11 Å². The van der Waals surface area contributed by atoms with Gasteiger partial charge in [-0.1, -0.05) is 18.2 Å². The van der Waals surface area contributed by atoms with Gasteiger partial charge in [0.25, 0.3) is 0 Å². The Morgan fingerprint density at radius 1 is 1.04 bits per heavy atom. The molecule has 0 heterocycles. The van der Waals surface area contributed by atoms with Crippen LogP contribution in [0.25, 0.3) is 0 Å². The van der Waals surface area contributed by atoms with Crippen LogP contribution >= 0.6 is 0 Å². The summed E-state index contributed by atoms with van der Waals surface area (Å²) in [6.07, 6.45) is 0.0281. The fourth-order valence-corrected chi connectivity index (χ4v) is 2.34. The molecular formula is C19H22O6. The zero-order chi connectivity index (χ0) is 18.4. The van der Waals surface area contributed by atoms with Gasteiger partial charge in [-0.25, -0.2) is 0 Å². The predicted octanol–water partition coefficient (Wildman–Crippen LogP) is 2.66. The number of benzene rings is 2. The number of phenolic OH excluding ortho intramolecular Hbond substituents is 2. The molecule has 25 heavy (non-hydrogen) atoms. The molecule has 2 aromatic carbocycles. The van der Waals surface area contributed by atoms with Crippen LogP contribution in [0.1, 0.15) is 17.2 Å². The Balaban J connectivity index is 2.21. The van der Waals surface area contributed by atoms with Crippen molar-refractivity contribution in [2.45, 2.75) is 18.6 Å². The van der Waals surface area contributed by atoms with Crippen molar-refractivity contribution in [2.75, 3.05) is 13.7 Å². The third-order valence-corrected chi connectivity index (χ3v) is 3.65. The lowest BCUT2D eigenvalue weighted by Crippen LogP contribution is -2.23. The standard InChI is InChI=1S/C19H22O6/c1-3-4-12-5-7-14(20)18(9-12)25-17-8-6-13(10-15(17)21)19(23)16(22)11-24-2/h3,5-10,16,19-23H,1,4,11H2,2H3/t16-,19-/m0/s1. The molecule has 0 aliphatic heterocycles. The first-order chi connectivity index (χ1) is 12.0. The van der Waals surface area contributed by atoms with E-state index in [0.717, 1.165) is 5.56 Å². The van der Waals surface area contributed by atoms with Gasteiger partial charge >= 0.3 is 0 Å². The van der Waals surface area contributed by atoms with Crippen LogP contribution in [0.2, 0.25) is 0 Å². The highest BCUT2D eigenvalue weighted by molar-refractivity contribution is 5.49. The van der Waals surface area contributed by atoms with Gasteiger partial charge in [-0.3, -0.25) is 0 Å². The Morgan fingerprint density at radius 3 is 2.44 bits per heavy atom. The van der Waals surface area contributed by atoms with E-state index in [1.165, 1.54) is 31.4 Å². The minimum atomic E-state index is -1.20. The highest BCUT2D eigenvalue weighted by Gasteiger charge is 2.20. The van der Waals surface area contributed by atoms with Gasteiger partial charge in [0.15, 0.2) is 23.0 Å². The number of methoxy groups -OCH3 is 1. The summed E-state index contributed by atoms with van der Waals surface area (Å²) >= 11 is 0. The molecular weight excluding hydrogens is 324 g/mol. The summed E-state index contributed by atoms with van der Waals surface area (Å²) in [6.45, 7) is 3.63. The van der Waals surface area contributed by atoms with E-state index in [2.05, 4.69) is 6.58 Å². The van der Waals surface area contributed by atoms with E-state index in [0.29, 0.717) is 12.0 Å². The van der Waals surface area contributed by atoms with Gasteiger partial charge in [-0.05, 0) is 41.8 Å². The minimum absolute atomic E-state index is 0.0376. The molecule has 0 saturated carbocycles. The molecule has 134 valence electrons. The van der Waals surface area contributed by atoms with E-state index in [-0.39, 0.29) is 29.6 Å². The van der Waals surface area contributed by atoms with Crippen LogP contribution in [-0.2, 0) is 11.2 Å². The largest absolute Gasteiger partial charge is 0.504 e. The second kappa shape index (κ2) is 8.53. The summed E-state index contributed by atoms with van der Waals surface area (Å²) in [4.78, 5) is 0. The zero-order valence-electron chi connectivity index (χ0n) is 13.9. The lowest BCUT2D eigenvalue weighted by molar-refractivity contribution is -0.0273. The second-order valence-electron chi connectivity index (χ2n) is 5.59. The number of aliphatic hydroxyl groups excluding tert-OH is 2. The maximum Gasteiger partial charge on any atom is 0.169 e. The summed E-state index contributed by atoms with van der Waals surface area (Å²) < 4.78 is 10.4. The van der Waals surface area contributed by atoms with E-state index >= 15 is 0 Å². The van der Waals surface area contributed by atoms with Gasteiger partial charge in [0.05, 0.1) is 6.61 Å². The molecule has 0 radical (unpaired) electrons. The number of phenols is 2. The first-order valence-corrected chi connectivity index (χ1v) is 7.75. The fourth-order valence-electron chi connectivity index (χ4n) is 2.34. The summed E-state index contributed by atoms with van der Waals surface area (Å²) in [6, 6.07) is 9.17. The van der Waals surface area contributed by atoms with Crippen molar-refractivity contribution in [3.05, 3.63) is 60.2 Å². The Kier molecular flexibility index (Phi) is 6.41. The molecule has 2 atom stereocenters. The number of allylic oxidation sites excluding steroid dienone is 1. The van der Waals surface area contributed by atoms with Crippen LogP contribution in [0, 0.1) is 0 Å². The fraction of sp³-hybridized carbons (Fsp3) is 0.263. The van der Waals surface area contributed by atoms with E-state index in [1.807, 2.05) is 0 Å². The summed E-state index contributed by atoms with van der Waals surface area (Å²) in [5.41, 5.74) is 1.22. The SMILES string of the molecule is C=CCc1ccc(O)c(Oc2ccc([C@H](O)[C@@H](O)COC)cc2O)c1. The van der Waals surface area contributed by atoms with Crippen molar-refractivity contribution in [2.24, 2.45) is 0 Å². The first-order valence-electron chi connectivity index (χ1n) is 7.75. The van der Waals surface area contributed by atoms with Crippen molar-refractivity contribution in [1.29, 1.82) is 0 Å². The Labute approximate surface area is 146 Å². The lowest BCUT2D eigenvalue weighted by Gasteiger charge is -2.18. The molecule has 0 fully saturated rings. The molecule has 0 aliphatic rings. The van der Waals surface area contributed by atoms with E-state index in [4.69, 9.17) is 9.47 Å². The van der Waals surface area contributed by atoms with Gasteiger partial charge in [0.1, 0.15) is 12.2 Å². The number of aliphatic hydroxyl groups is 2. The Bertz CT molecular complexity index is 728. The van der Waals surface area contributed by atoms with Crippen LogP contribution in [0.4, 0.5) is 0 Å². The molecule has 4 N–H and O–H groups in total. The van der Waals surface area contributed by atoms with Crippen molar-refractivity contribution >= 4 is 0 Å². The maximum absolute atomic E-state index is 10.1.